The minimum atomic E-state index is -0.00988. The minimum absolute atomic E-state index is 0. The largest absolute Gasteiger partial charge is 0.336 e. The van der Waals surface area contributed by atoms with E-state index in [2.05, 4.69) is 17.1 Å². The number of benzene rings is 1. The first-order valence-electron chi connectivity index (χ1n) is 8.92. The number of aryl methyl sites for hydroxylation is 1. The van der Waals surface area contributed by atoms with Gasteiger partial charge in [-0.2, -0.15) is 0 Å². The van der Waals surface area contributed by atoms with E-state index in [1.165, 1.54) is 0 Å². The zero-order valence-corrected chi connectivity index (χ0v) is 16.2. The van der Waals surface area contributed by atoms with Gasteiger partial charge in [0.2, 0.25) is 0 Å². The number of halogens is 1. The molecule has 1 saturated heterocycles. The van der Waals surface area contributed by atoms with Gasteiger partial charge in [-0.25, -0.2) is 4.98 Å². The summed E-state index contributed by atoms with van der Waals surface area (Å²) in [5.74, 6) is 0.341. The quantitative estimate of drug-likeness (QED) is 0.745. The molecule has 0 radical (unpaired) electrons. The van der Waals surface area contributed by atoms with Gasteiger partial charge in [-0.15, -0.1) is 12.4 Å². The number of aromatic nitrogens is 2. The van der Waals surface area contributed by atoms with Crippen LogP contribution in [0, 0.1) is 12.8 Å². The number of nitrogens with zero attached hydrogens (tertiary/aromatic N) is 3. The number of hydrogen-bond acceptors (Lipinski definition) is 5. The van der Waals surface area contributed by atoms with Crippen LogP contribution < -0.4 is 5.73 Å². The van der Waals surface area contributed by atoms with Crippen molar-refractivity contribution < 1.29 is 9.32 Å². The molecule has 2 aromatic heterocycles. The van der Waals surface area contributed by atoms with Crippen molar-refractivity contribution in [2.45, 2.75) is 26.3 Å². The van der Waals surface area contributed by atoms with Crippen LogP contribution in [-0.4, -0.2) is 40.1 Å². The molecule has 0 spiro atoms. The van der Waals surface area contributed by atoms with Crippen LogP contribution in [0.15, 0.2) is 40.9 Å². The van der Waals surface area contributed by atoms with E-state index in [1.54, 1.807) is 0 Å². The molecule has 1 aliphatic heterocycles. The molecule has 4 rings (SSSR count). The Hall–Kier alpha value is -2.44. The number of fused-ring (bicyclic) bond motifs is 1. The third kappa shape index (κ3) is 3.42. The first-order chi connectivity index (χ1) is 12.6. The zero-order chi connectivity index (χ0) is 18.3. The monoisotopic (exact) mass is 386 g/mol. The summed E-state index contributed by atoms with van der Waals surface area (Å²) in [7, 11) is 0. The molecule has 6 nitrogen and oxygen atoms in total. The number of pyridine rings is 1. The number of carbonyl (C=O) groups is 1. The molecule has 1 amide bonds. The summed E-state index contributed by atoms with van der Waals surface area (Å²) in [5, 5.41) is 4.71. The van der Waals surface area contributed by atoms with Crippen LogP contribution in [0.5, 0.6) is 0 Å². The lowest BCUT2D eigenvalue weighted by Gasteiger charge is -2.22. The standard InChI is InChI=1S/C20H22N4O2.ClH/c1-12-8-14(10-21)11-24(12)20(25)16-9-17(15-6-4-3-5-7-15)22-19-18(16)13(2)23-26-19;/h3-7,9,12,14H,8,10-11,21H2,1-2H3;1H. The fourth-order valence-corrected chi connectivity index (χ4v) is 3.77. The van der Waals surface area contributed by atoms with E-state index in [9.17, 15) is 4.79 Å². The second-order valence-electron chi connectivity index (χ2n) is 7.01. The molecule has 2 atom stereocenters. The predicted molar refractivity (Wildman–Crippen MR) is 107 cm³/mol. The van der Waals surface area contributed by atoms with Crippen LogP contribution in [-0.2, 0) is 0 Å². The van der Waals surface area contributed by atoms with Crippen molar-refractivity contribution in [3.8, 4) is 11.3 Å². The Bertz CT molecular complexity index is 957. The number of likely N-dealkylation sites (tertiary alicyclic amines) is 1. The van der Waals surface area contributed by atoms with Crippen LogP contribution in [0.3, 0.4) is 0 Å². The van der Waals surface area contributed by atoms with E-state index in [0.29, 0.717) is 47.1 Å². The van der Waals surface area contributed by atoms with Crippen molar-refractivity contribution in [3.05, 3.63) is 47.7 Å². The summed E-state index contributed by atoms with van der Waals surface area (Å²) >= 11 is 0. The van der Waals surface area contributed by atoms with E-state index in [1.807, 2.05) is 48.2 Å². The van der Waals surface area contributed by atoms with Crippen molar-refractivity contribution in [2.24, 2.45) is 11.7 Å². The molecule has 1 aliphatic rings. The molecule has 142 valence electrons. The molecule has 0 aliphatic carbocycles. The molecule has 27 heavy (non-hydrogen) atoms. The molecule has 1 fully saturated rings. The van der Waals surface area contributed by atoms with Crippen LogP contribution in [0.2, 0.25) is 0 Å². The second-order valence-corrected chi connectivity index (χ2v) is 7.01. The van der Waals surface area contributed by atoms with E-state index in [4.69, 9.17) is 10.3 Å². The van der Waals surface area contributed by atoms with Crippen LogP contribution in [0.4, 0.5) is 0 Å². The molecular formula is C20H23ClN4O2. The second kappa shape index (κ2) is 7.66. The Morgan fingerprint density at radius 3 is 2.74 bits per heavy atom. The summed E-state index contributed by atoms with van der Waals surface area (Å²) in [6, 6.07) is 11.8. The maximum atomic E-state index is 13.4. The van der Waals surface area contributed by atoms with Crippen LogP contribution >= 0.6 is 12.4 Å². The van der Waals surface area contributed by atoms with Gasteiger partial charge in [-0.3, -0.25) is 4.79 Å². The third-order valence-electron chi connectivity index (χ3n) is 5.17. The minimum Gasteiger partial charge on any atom is -0.336 e. The van der Waals surface area contributed by atoms with Crippen molar-refractivity contribution in [3.63, 3.8) is 0 Å². The lowest BCUT2D eigenvalue weighted by molar-refractivity contribution is 0.0745. The van der Waals surface area contributed by atoms with E-state index in [-0.39, 0.29) is 24.4 Å². The molecule has 3 heterocycles. The lowest BCUT2D eigenvalue weighted by Crippen LogP contribution is -2.34. The highest BCUT2D eigenvalue weighted by Crippen LogP contribution is 2.30. The Labute approximate surface area is 164 Å². The first-order valence-corrected chi connectivity index (χ1v) is 8.92. The molecule has 3 aromatic rings. The molecule has 2 N–H and O–H groups in total. The summed E-state index contributed by atoms with van der Waals surface area (Å²) < 4.78 is 5.38. The van der Waals surface area contributed by atoms with Crippen molar-refractivity contribution in [1.29, 1.82) is 0 Å². The Kier molecular flexibility index (Phi) is 5.48. The van der Waals surface area contributed by atoms with Crippen molar-refractivity contribution in [2.75, 3.05) is 13.1 Å². The zero-order valence-electron chi connectivity index (χ0n) is 15.4. The summed E-state index contributed by atoms with van der Waals surface area (Å²) in [4.78, 5) is 19.8. The third-order valence-corrected chi connectivity index (χ3v) is 5.17. The van der Waals surface area contributed by atoms with Crippen LogP contribution in [0.25, 0.3) is 22.4 Å². The van der Waals surface area contributed by atoms with Gasteiger partial charge in [0.1, 0.15) is 0 Å². The SMILES string of the molecule is Cc1noc2nc(-c3ccccc3)cc(C(=O)N3CC(CN)CC3C)c12.Cl. The number of hydrogen-bond donors (Lipinski definition) is 1. The molecule has 7 heteroatoms. The molecule has 0 bridgehead atoms. The van der Waals surface area contributed by atoms with Gasteiger partial charge in [-0.05, 0) is 38.8 Å². The maximum Gasteiger partial charge on any atom is 0.259 e. The fraction of sp³-hybridized carbons (Fsp3) is 0.350. The highest BCUT2D eigenvalue weighted by Gasteiger charge is 2.33. The fourth-order valence-electron chi connectivity index (χ4n) is 3.77. The van der Waals surface area contributed by atoms with Crippen molar-refractivity contribution >= 4 is 29.4 Å². The Morgan fingerprint density at radius 2 is 2.07 bits per heavy atom. The molecule has 2 unspecified atom stereocenters. The highest BCUT2D eigenvalue weighted by molar-refractivity contribution is 6.07. The van der Waals surface area contributed by atoms with Gasteiger partial charge >= 0.3 is 0 Å². The Morgan fingerprint density at radius 1 is 1.33 bits per heavy atom. The topological polar surface area (TPSA) is 85.2 Å². The smallest absolute Gasteiger partial charge is 0.259 e. The average Bonchev–Trinajstić information content (AvgIpc) is 3.24. The van der Waals surface area contributed by atoms with E-state index in [0.717, 1.165) is 12.0 Å². The van der Waals surface area contributed by atoms with Crippen LogP contribution in [0.1, 0.15) is 29.4 Å². The molecule has 0 saturated carbocycles. The van der Waals surface area contributed by atoms with E-state index >= 15 is 0 Å². The van der Waals surface area contributed by atoms with Crippen molar-refractivity contribution in [1.82, 2.24) is 15.0 Å². The van der Waals surface area contributed by atoms with Gasteiger partial charge in [0, 0.05) is 18.2 Å². The normalized spacial score (nSPS) is 19.3. The Balaban J connectivity index is 0.00000210. The number of carbonyl (C=O) groups excluding carboxylic acids is 1. The van der Waals surface area contributed by atoms with E-state index < -0.39 is 0 Å². The average molecular weight is 387 g/mol. The predicted octanol–water partition coefficient (Wildman–Crippen LogP) is 3.43. The highest BCUT2D eigenvalue weighted by atomic mass is 35.5. The lowest BCUT2D eigenvalue weighted by atomic mass is 10.0. The number of amides is 1. The maximum absolute atomic E-state index is 13.4. The van der Waals surface area contributed by atoms with Gasteiger partial charge < -0.3 is 15.2 Å². The summed E-state index contributed by atoms with van der Waals surface area (Å²) in [5.41, 5.74) is 9.14. The summed E-state index contributed by atoms with van der Waals surface area (Å²) in [6.45, 7) is 5.19. The molecule has 1 aromatic carbocycles. The number of rotatable bonds is 3. The first kappa shape index (κ1) is 19.3. The summed E-state index contributed by atoms with van der Waals surface area (Å²) in [6.07, 6.45) is 0.935. The van der Waals surface area contributed by atoms with Gasteiger partial charge in [0.15, 0.2) is 0 Å². The molecular weight excluding hydrogens is 364 g/mol. The van der Waals surface area contributed by atoms with Gasteiger partial charge in [0.05, 0.1) is 22.3 Å². The number of nitrogens with two attached hydrogens (primary N) is 1. The van der Waals surface area contributed by atoms with Gasteiger partial charge in [0.25, 0.3) is 11.6 Å². The van der Waals surface area contributed by atoms with Gasteiger partial charge in [-0.1, -0.05) is 35.5 Å².